The third-order valence-corrected chi connectivity index (χ3v) is 2.45. The number of carbonyl (C=O) groups excluding carboxylic acids is 1. The minimum absolute atomic E-state index is 0.145. The molecule has 0 fully saturated rings. The second-order valence-corrected chi connectivity index (χ2v) is 3.98. The summed E-state index contributed by atoms with van der Waals surface area (Å²) in [5.41, 5.74) is 0. The van der Waals surface area contributed by atoms with Crippen LogP contribution in [0.15, 0.2) is 6.20 Å². The van der Waals surface area contributed by atoms with Crippen molar-refractivity contribution in [2.45, 2.75) is 12.8 Å². The van der Waals surface area contributed by atoms with Gasteiger partial charge >= 0.3 is 0 Å². The Balaban J connectivity index is 2.70. The molecule has 0 aliphatic heterocycles. The van der Waals surface area contributed by atoms with E-state index in [-0.39, 0.29) is 24.1 Å². The third kappa shape index (κ3) is 4.90. The molecule has 9 heteroatoms. The largest absolute Gasteiger partial charge is 0.362 e. The highest BCUT2D eigenvalue weighted by molar-refractivity contribution is 5.76. The average Bonchev–Trinajstić information content (AvgIpc) is 2.43. The number of hydrogen-bond donors (Lipinski definition) is 2. The van der Waals surface area contributed by atoms with Gasteiger partial charge in [-0.25, -0.2) is 18.2 Å². The Morgan fingerprint density at radius 1 is 1.50 bits per heavy atom. The number of halogens is 3. The maximum Gasteiger partial charge on any atom is 0.255 e. The highest BCUT2D eigenvalue weighted by atomic mass is 19.3. The van der Waals surface area contributed by atoms with Crippen LogP contribution in [0.2, 0.25) is 0 Å². The smallest absolute Gasteiger partial charge is 0.255 e. The molecule has 0 radical (unpaired) electrons. The van der Waals surface area contributed by atoms with Crippen molar-refractivity contribution < 1.29 is 18.0 Å². The molecular weight excluding hydrogens is 275 g/mol. The van der Waals surface area contributed by atoms with Crippen LogP contribution in [0.3, 0.4) is 0 Å². The summed E-state index contributed by atoms with van der Waals surface area (Å²) in [6, 6.07) is 0. The Morgan fingerprint density at radius 3 is 2.80 bits per heavy atom. The van der Waals surface area contributed by atoms with E-state index in [0.717, 1.165) is 6.20 Å². The van der Waals surface area contributed by atoms with Crippen molar-refractivity contribution in [1.82, 2.24) is 15.3 Å². The number of nitrogens with zero attached hydrogens (tertiary/aromatic N) is 3. The van der Waals surface area contributed by atoms with Gasteiger partial charge in [-0.2, -0.15) is 4.98 Å². The van der Waals surface area contributed by atoms with E-state index in [2.05, 4.69) is 20.6 Å². The number of aromatic nitrogens is 2. The summed E-state index contributed by atoms with van der Waals surface area (Å²) >= 11 is 0. The maximum absolute atomic E-state index is 13.3. The van der Waals surface area contributed by atoms with E-state index in [1.165, 1.54) is 11.9 Å². The van der Waals surface area contributed by atoms with Crippen molar-refractivity contribution in [3.05, 3.63) is 12.0 Å². The fourth-order valence-electron chi connectivity index (χ4n) is 1.33. The van der Waals surface area contributed by atoms with E-state index >= 15 is 0 Å². The molecule has 2 N–H and O–H groups in total. The number of anilines is 2. The maximum atomic E-state index is 13.3. The molecule has 0 spiro atoms. The molecule has 1 heterocycles. The van der Waals surface area contributed by atoms with Crippen molar-refractivity contribution in [3.8, 4) is 0 Å². The summed E-state index contributed by atoms with van der Waals surface area (Å²) in [5.74, 6) is -1.11. The van der Waals surface area contributed by atoms with E-state index in [4.69, 9.17) is 0 Å². The number of alkyl halides is 2. The number of amides is 1. The third-order valence-electron chi connectivity index (χ3n) is 2.45. The lowest BCUT2D eigenvalue weighted by atomic mass is 10.4. The first-order valence-corrected chi connectivity index (χ1v) is 5.90. The standard InChI is InChI=1S/C11H16F3N5O/c1-15-9(20)3-4-19(2)11-17-5-7(12)10(18-11)16-6-8(13)14/h5,8H,3-4,6H2,1-2H3,(H,15,20)(H,16,17,18). The number of nitrogens with one attached hydrogen (secondary N) is 2. The van der Waals surface area contributed by atoms with Crippen molar-refractivity contribution in [2.24, 2.45) is 0 Å². The summed E-state index contributed by atoms with van der Waals surface area (Å²) in [6.07, 6.45) is -1.50. The Labute approximate surface area is 114 Å². The van der Waals surface area contributed by atoms with Crippen molar-refractivity contribution in [1.29, 1.82) is 0 Å². The highest BCUT2D eigenvalue weighted by Crippen LogP contribution is 2.14. The number of rotatable bonds is 7. The molecule has 112 valence electrons. The lowest BCUT2D eigenvalue weighted by Crippen LogP contribution is -2.27. The van der Waals surface area contributed by atoms with Crippen LogP contribution < -0.4 is 15.5 Å². The minimum atomic E-state index is -2.61. The summed E-state index contributed by atoms with van der Waals surface area (Å²) in [7, 11) is 3.14. The van der Waals surface area contributed by atoms with Gasteiger partial charge in [-0.05, 0) is 0 Å². The molecule has 1 aromatic rings. The first-order chi connectivity index (χ1) is 9.43. The van der Waals surface area contributed by atoms with E-state index in [1.54, 1.807) is 7.05 Å². The van der Waals surface area contributed by atoms with Gasteiger partial charge in [0.2, 0.25) is 11.9 Å². The molecular formula is C11H16F3N5O. The van der Waals surface area contributed by atoms with Gasteiger partial charge < -0.3 is 15.5 Å². The van der Waals surface area contributed by atoms with E-state index in [1.807, 2.05) is 0 Å². The van der Waals surface area contributed by atoms with Gasteiger partial charge in [0.1, 0.15) is 0 Å². The van der Waals surface area contributed by atoms with Crippen LogP contribution in [0.4, 0.5) is 24.9 Å². The van der Waals surface area contributed by atoms with Crippen molar-refractivity contribution in [2.75, 3.05) is 37.4 Å². The molecule has 0 aliphatic rings. The highest BCUT2D eigenvalue weighted by Gasteiger charge is 2.12. The number of hydrogen-bond acceptors (Lipinski definition) is 5. The van der Waals surface area contributed by atoms with Crippen LogP contribution in [-0.4, -0.2) is 49.5 Å². The normalized spacial score (nSPS) is 10.5. The second kappa shape index (κ2) is 7.51. The van der Waals surface area contributed by atoms with E-state index < -0.39 is 18.8 Å². The van der Waals surface area contributed by atoms with Crippen LogP contribution in [0.25, 0.3) is 0 Å². The minimum Gasteiger partial charge on any atom is -0.362 e. The molecule has 0 bridgehead atoms. The van der Waals surface area contributed by atoms with Gasteiger partial charge in [0.15, 0.2) is 11.6 Å². The van der Waals surface area contributed by atoms with Gasteiger partial charge in [-0.3, -0.25) is 4.79 Å². The molecule has 1 amide bonds. The Morgan fingerprint density at radius 2 is 2.20 bits per heavy atom. The molecule has 0 unspecified atom stereocenters. The lowest BCUT2D eigenvalue weighted by Gasteiger charge is -2.17. The van der Waals surface area contributed by atoms with Crippen molar-refractivity contribution in [3.63, 3.8) is 0 Å². The van der Waals surface area contributed by atoms with E-state index in [0.29, 0.717) is 6.54 Å². The zero-order valence-corrected chi connectivity index (χ0v) is 11.2. The van der Waals surface area contributed by atoms with Crippen LogP contribution in [-0.2, 0) is 4.79 Å². The van der Waals surface area contributed by atoms with Crippen molar-refractivity contribution >= 4 is 17.7 Å². The molecule has 20 heavy (non-hydrogen) atoms. The van der Waals surface area contributed by atoms with Crippen LogP contribution >= 0.6 is 0 Å². The number of carbonyl (C=O) groups is 1. The molecule has 1 rings (SSSR count). The predicted octanol–water partition coefficient (Wildman–Crippen LogP) is 0.865. The van der Waals surface area contributed by atoms with Crippen LogP contribution in [0, 0.1) is 5.82 Å². The van der Waals surface area contributed by atoms with Gasteiger partial charge in [-0.1, -0.05) is 0 Å². The van der Waals surface area contributed by atoms with Gasteiger partial charge in [0.25, 0.3) is 6.43 Å². The van der Waals surface area contributed by atoms with Gasteiger partial charge in [-0.15, -0.1) is 0 Å². The van der Waals surface area contributed by atoms with Crippen LogP contribution in [0.1, 0.15) is 6.42 Å². The molecule has 0 aromatic carbocycles. The first kappa shape index (κ1) is 16.0. The summed E-state index contributed by atoms with van der Waals surface area (Å²) in [6.45, 7) is -0.380. The Kier molecular flexibility index (Phi) is 6.01. The molecule has 0 saturated carbocycles. The Hall–Kier alpha value is -2.06. The fourth-order valence-corrected chi connectivity index (χ4v) is 1.33. The predicted molar refractivity (Wildman–Crippen MR) is 68.4 cm³/mol. The molecule has 1 aromatic heterocycles. The quantitative estimate of drug-likeness (QED) is 0.780. The lowest BCUT2D eigenvalue weighted by molar-refractivity contribution is -0.120. The second-order valence-electron chi connectivity index (χ2n) is 3.98. The Bertz CT molecular complexity index is 458. The van der Waals surface area contributed by atoms with E-state index in [9.17, 15) is 18.0 Å². The summed E-state index contributed by atoms with van der Waals surface area (Å²) in [5, 5.41) is 4.66. The molecule has 0 saturated heterocycles. The van der Waals surface area contributed by atoms with Gasteiger partial charge in [0.05, 0.1) is 12.7 Å². The van der Waals surface area contributed by atoms with Crippen LogP contribution in [0.5, 0.6) is 0 Å². The zero-order valence-electron chi connectivity index (χ0n) is 11.2. The molecule has 6 nitrogen and oxygen atoms in total. The summed E-state index contributed by atoms with van der Waals surface area (Å²) in [4.78, 5) is 20.2. The topological polar surface area (TPSA) is 70.2 Å². The summed E-state index contributed by atoms with van der Waals surface area (Å²) < 4.78 is 37.5. The SMILES string of the molecule is CNC(=O)CCN(C)c1ncc(F)c(NCC(F)F)n1. The molecule has 0 atom stereocenters. The zero-order chi connectivity index (χ0) is 15.1. The fraction of sp³-hybridized carbons (Fsp3) is 0.545. The monoisotopic (exact) mass is 291 g/mol. The molecule has 0 aliphatic carbocycles. The first-order valence-electron chi connectivity index (χ1n) is 5.90. The van der Waals surface area contributed by atoms with Gasteiger partial charge in [0, 0.05) is 27.1 Å². The average molecular weight is 291 g/mol.